The van der Waals surface area contributed by atoms with Crippen molar-refractivity contribution in [2.24, 2.45) is 0 Å². The summed E-state index contributed by atoms with van der Waals surface area (Å²) in [6.45, 7) is 9.14. The summed E-state index contributed by atoms with van der Waals surface area (Å²) < 4.78 is 11.5. The quantitative estimate of drug-likeness (QED) is 0.113. The Morgan fingerprint density at radius 2 is 1.25 bits per heavy atom. The van der Waals surface area contributed by atoms with Crippen molar-refractivity contribution in [1.82, 2.24) is 14.5 Å². The predicted octanol–water partition coefficient (Wildman–Crippen LogP) is 12.5. The van der Waals surface area contributed by atoms with Gasteiger partial charge in [0.2, 0.25) is 0 Å². The van der Waals surface area contributed by atoms with Crippen LogP contribution in [0.1, 0.15) is 50.7 Å². The first-order chi connectivity index (χ1) is 28.9. The van der Waals surface area contributed by atoms with Crippen molar-refractivity contribution in [3.63, 3.8) is 0 Å². The molecule has 0 saturated heterocycles. The first kappa shape index (κ1) is 40.9. The third kappa shape index (κ3) is 8.30. The Labute approximate surface area is 371 Å². The van der Waals surface area contributed by atoms with E-state index in [2.05, 4.69) is 177 Å². The topological polar surface area (TPSA) is 43.9 Å². The maximum atomic E-state index is 6.73. The van der Waals surface area contributed by atoms with Crippen molar-refractivity contribution < 1.29 is 24.5 Å². The molecule has 0 unspecified atom stereocenters. The van der Waals surface area contributed by atoms with E-state index < -0.39 is 0 Å². The molecule has 0 aliphatic heterocycles. The van der Waals surface area contributed by atoms with Crippen LogP contribution in [0.4, 0.5) is 0 Å². The van der Waals surface area contributed by atoms with Crippen molar-refractivity contribution >= 4 is 57.0 Å². The Morgan fingerprint density at radius 1 is 0.583 bits per heavy atom. The second-order valence-electron chi connectivity index (χ2n) is 15.2. The molecule has 0 aliphatic carbocycles. The Morgan fingerprint density at radius 3 is 1.92 bits per heavy atom. The van der Waals surface area contributed by atoms with Gasteiger partial charge >= 0.3 is 83.7 Å². The number of para-hydroxylation sites is 2. The Balaban J connectivity index is 0.000000304. The molecule has 0 spiro atoms. The number of hydrogen-bond acceptors (Lipinski definition) is 3. The first-order valence-electron chi connectivity index (χ1n) is 20.1. The van der Waals surface area contributed by atoms with E-state index >= 15 is 0 Å². The van der Waals surface area contributed by atoms with Crippen LogP contribution in [0.2, 0.25) is 0 Å². The summed E-state index contributed by atoms with van der Waals surface area (Å²) >= 11 is 0.294. The maximum absolute atomic E-state index is 6.73. The Hall–Kier alpha value is -5.87. The van der Waals surface area contributed by atoms with Gasteiger partial charge in [0.1, 0.15) is 5.58 Å². The molecule has 3 heterocycles. The molecule has 10 aromatic rings. The second kappa shape index (κ2) is 18.2. The molecule has 7 aromatic carbocycles. The van der Waals surface area contributed by atoms with E-state index in [1.807, 2.05) is 48.7 Å². The molecule has 4 nitrogen and oxygen atoms in total. The number of furan rings is 1. The average Bonchev–Trinajstić information content (AvgIpc) is 3.86. The van der Waals surface area contributed by atoms with Crippen LogP contribution in [0.3, 0.4) is 0 Å². The van der Waals surface area contributed by atoms with Gasteiger partial charge in [0.25, 0.3) is 0 Å². The van der Waals surface area contributed by atoms with E-state index in [0.717, 1.165) is 54.5 Å². The molecular formula is C54H43IrN3OSe-2. The molecule has 3 aromatic heterocycles. The summed E-state index contributed by atoms with van der Waals surface area (Å²) in [6, 6.07) is 65.8. The summed E-state index contributed by atoms with van der Waals surface area (Å²) in [5.41, 5.74) is 13.1. The minimum absolute atomic E-state index is 0. The summed E-state index contributed by atoms with van der Waals surface area (Å²) in [6.07, 6.45) is 1.83. The van der Waals surface area contributed by atoms with Crippen molar-refractivity contribution in [2.75, 3.05) is 0 Å². The third-order valence-corrected chi connectivity index (χ3v) is 12.5. The number of hydrogen-bond donors (Lipinski definition) is 0. The SMILES string of the molecule is CC(C)c1cc(-c2ccccc2)cc(C(C)C)c1-n1c(-c2[c-]ccc3c2oc2cc(-c4ccccc4)ccc23)nc2ccccc21.[Ir].[c-]1ccccc1[Se]c1ccccn1. The van der Waals surface area contributed by atoms with Gasteiger partial charge in [0.15, 0.2) is 0 Å². The molecule has 1 radical (unpaired) electrons. The van der Waals surface area contributed by atoms with E-state index in [0.29, 0.717) is 15.0 Å². The van der Waals surface area contributed by atoms with Crippen LogP contribution >= 0.6 is 0 Å². The molecule has 0 saturated carbocycles. The van der Waals surface area contributed by atoms with Gasteiger partial charge in [-0.05, 0) is 75.5 Å². The van der Waals surface area contributed by atoms with Gasteiger partial charge < -0.3 is 8.98 Å². The summed E-state index contributed by atoms with van der Waals surface area (Å²) in [7, 11) is 0. The van der Waals surface area contributed by atoms with Crippen LogP contribution < -0.4 is 9.05 Å². The molecule has 0 fully saturated rings. The normalized spacial score (nSPS) is 11.2. The molecule has 6 heteroatoms. The molecule has 0 amide bonds. The number of benzene rings is 7. The number of aromatic nitrogens is 3. The number of imidazole rings is 1. The van der Waals surface area contributed by atoms with Gasteiger partial charge in [-0.3, -0.25) is 4.98 Å². The van der Waals surface area contributed by atoms with E-state index in [1.165, 1.54) is 38.0 Å². The van der Waals surface area contributed by atoms with Crippen molar-refractivity contribution in [3.05, 3.63) is 199 Å². The molecule has 0 bridgehead atoms. The fourth-order valence-corrected chi connectivity index (χ4v) is 9.31. The summed E-state index contributed by atoms with van der Waals surface area (Å²) in [4.78, 5) is 9.58. The second-order valence-corrected chi connectivity index (χ2v) is 17.4. The zero-order valence-electron chi connectivity index (χ0n) is 33.9. The van der Waals surface area contributed by atoms with Gasteiger partial charge in [-0.1, -0.05) is 124 Å². The molecular weight excluding hydrogens is 978 g/mol. The van der Waals surface area contributed by atoms with Crippen LogP contribution in [-0.2, 0) is 20.1 Å². The molecule has 60 heavy (non-hydrogen) atoms. The molecule has 0 N–H and O–H groups in total. The van der Waals surface area contributed by atoms with Gasteiger partial charge in [-0.25, -0.2) is 0 Å². The Kier molecular flexibility index (Phi) is 12.4. The van der Waals surface area contributed by atoms with E-state index in [1.54, 1.807) is 0 Å². The van der Waals surface area contributed by atoms with Crippen LogP contribution in [-0.4, -0.2) is 29.5 Å². The zero-order valence-corrected chi connectivity index (χ0v) is 38.0. The number of rotatable bonds is 8. The van der Waals surface area contributed by atoms with E-state index in [-0.39, 0.29) is 31.9 Å². The predicted molar refractivity (Wildman–Crippen MR) is 246 cm³/mol. The van der Waals surface area contributed by atoms with Crippen molar-refractivity contribution in [2.45, 2.75) is 39.5 Å². The standard InChI is InChI=1S/C43H35N2O.C11H8NSe.Ir/c1-27(2)36-24-32(30-16-9-6-10-17-30)25-37(28(3)4)41(36)45-39-21-12-11-20-38(39)44-43(45)35-19-13-18-34-33-23-22-31(26-40(33)46-42(34)35)29-14-7-5-8-15-29;1-2-6-10(7-3-1)13-11-8-4-5-9-12-11;/h5-18,20-28H,1-4H3;1-6,8-9H;/q2*-1;. The third-order valence-electron chi connectivity index (χ3n) is 10.6. The summed E-state index contributed by atoms with van der Waals surface area (Å²) in [5.74, 6) is 1.41. The molecule has 0 aliphatic rings. The Bertz CT molecular complexity index is 2950. The van der Waals surface area contributed by atoms with Crippen molar-refractivity contribution in [1.29, 1.82) is 0 Å². The van der Waals surface area contributed by atoms with E-state index in [9.17, 15) is 0 Å². The van der Waals surface area contributed by atoms with Crippen LogP contribution in [0.5, 0.6) is 0 Å². The first-order valence-corrected chi connectivity index (χ1v) is 21.8. The number of nitrogens with zero attached hydrogens (tertiary/aromatic N) is 3. The molecule has 297 valence electrons. The average molecular weight is 1020 g/mol. The van der Waals surface area contributed by atoms with Crippen molar-refractivity contribution in [3.8, 4) is 39.3 Å². The molecule has 10 rings (SSSR count). The van der Waals surface area contributed by atoms with Crippen LogP contribution in [0.25, 0.3) is 72.3 Å². The minimum atomic E-state index is 0. The number of fused-ring (bicyclic) bond motifs is 4. The van der Waals surface area contributed by atoms with Gasteiger partial charge in [-0.15, -0.1) is 18.2 Å². The molecule has 0 atom stereocenters. The van der Waals surface area contributed by atoms with Gasteiger partial charge in [0.05, 0.1) is 22.4 Å². The summed E-state index contributed by atoms with van der Waals surface area (Å²) in [5, 5.41) is 2.15. The zero-order chi connectivity index (χ0) is 40.3. The number of pyridine rings is 1. The monoisotopic (exact) mass is 1020 g/mol. The van der Waals surface area contributed by atoms with Gasteiger partial charge in [-0.2, -0.15) is 0 Å². The van der Waals surface area contributed by atoms with E-state index in [4.69, 9.17) is 9.40 Å². The van der Waals surface area contributed by atoms with Gasteiger partial charge in [0, 0.05) is 31.2 Å². The van der Waals surface area contributed by atoms with Crippen LogP contribution in [0.15, 0.2) is 180 Å². The fourth-order valence-electron chi connectivity index (χ4n) is 7.71. The fraction of sp³-hybridized carbons (Fsp3) is 0.111. The van der Waals surface area contributed by atoms with Crippen LogP contribution in [0, 0.1) is 12.1 Å².